The number of rotatable bonds is 21. The van der Waals surface area contributed by atoms with Crippen molar-refractivity contribution in [3.05, 3.63) is 29.8 Å². The van der Waals surface area contributed by atoms with Crippen LogP contribution in [0.4, 0.5) is 8.78 Å². The summed E-state index contributed by atoms with van der Waals surface area (Å²) in [5, 5.41) is 0. The first kappa shape index (κ1) is 29.1. The van der Waals surface area contributed by atoms with Crippen LogP contribution in [0.25, 0.3) is 0 Å². The lowest BCUT2D eigenvalue weighted by molar-refractivity contribution is 0.151. The molecule has 4 nitrogen and oxygen atoms in total. The summed E-state index contributed by atoms with van der Waals surface area (Å²) in [6, 6.07) is 4.80. The molecule has 0 spiro atoms. The third kappa shape index (κ3) is 15.8. The third-order valence-electron chi connectivity index (χ3n) is 5.61. The first-order valence-corrected chi connectivity index (χ1v) is 14.0. The number of benzene rings is 1. The number of alkyl halides is 2. The van der Waals surface area contributed by atoms with Crippen LogP contribution in [-0.4, -0.2) is 11.5 Å². The molecule has 0 radical (unpaired) electrons. The topological polar surface area (TPSA) is 55.8 Å². The van der Waals surface area contributed by atoms with Crippen LogP contribution >= 0.6 is 7.82 Å². The van der Waals surface area contributed by atoms with Gasteiger partial charge in [-0.1, -0.05) is 103 Å². The highest BCUT2D eigenvalue weighted by molar-refractivity contribution is 7.47. The Morgan fingerprint density at radius 3 is 1.56 bits per heavy atom. The molecular weight excluding hydrogens is 433 g/mol. The summed E-state index contributed by atoms with van der Waals surface area (Å²) in [6.07, 6.45) is 17.6. The second-order valence-electron chi connectivity index (χ2n) is 8.57. The maximum Gasteiger partial charge on any atom is 0.527 e. The van der Waals surface area contributed by atoms with E-state index in [9.17, 15) is 18.2 Å². The van der Waals surface area contributed by atoms with Gasteiger partial charge in [-0.2, -0.15) is 0 Å². The van der Waals surface area contributed by atoms with Crippen LogP contribution < -0.4 is 4.52 Å². The molecule has 1 rings (SSSR count). The molecule has 186 valence electrons. The van der Waals surface area contributed by atoms with Gasteiger partial charge in [-0.15, -0.1) is 0 Å². The molecule has 7 heteroatoms. The van der Waals surface area contributed by atoms with Crippen LogP contribution in [0.5, 0.6) is 5.75 Å². The van der Waals surface area contributed by atoms with Crippen LogP contribution in [0.15, 0.2) is 24.3 Å². The fourth-order valence-electron chi connectivity index (χ4n) is 3.66. The minimum atomic E-state index is -4.23. The molecule has 32 heavy (non-hydrogen) atoms. The van der Waals surface area contributed by atoms with Gasteiger partial charge in [0.25, 0.3) is 6.43 Å². The zero-order chi connectivity index (χ0) is 23.5. The van der Waals surface area contributed by atoms with E-state index >= 15 is 0 Å². The van der Waals surface area contributed by atoms with Crippen molar-refractivity contribution in [2.75, 3.05) is 6.61 Å². The number of phosphoric ester groups is 1. The standard InChI is InChI=1S/C25H43F2O4P/c1-2-3-4-5-6-7-8-9-10-11-12-13-14-15-16-17-22-30-32(28,29)31-24-20-18-23(19-21-24)25(26)27/h18-21,25H,2-17,22H2,1H3,(H,28,29). The van der Waals surface area contributed by atoms with Crippen molar-refractivity contribution in [2.45, 2.75) is 116 Å². The lowest BCUT2D eigenvalue weighted by Gasteiger charge is -2.13. The molecule has 0 fully saturated rings. The van der Waals surface area contributed by atoms with Gasteiger partial charge in [-0.3, -0.25) is 9.42 Å². The van der Waals surface area contributed by atoms with E-state index in [1.807, 2.05) is 0 Å². The summed E-state index contributed by atoms with van der Waals surface area (Å²) in [7, 11) is -4.23. The van der Waals surface area contributed by atoms with Crippen molar-refractivity contribution in [3.8, 4) is 5.75 Å². The lowest BCUT2D eigenvalue weighted by Crippen LogP contribution is -1.99. The Kier molecular flexibility index (Phi) is 16.8. The molecule has 1 atom stereocenters. The van der Waals surface area contributed by atoms with E-state index in [0.717, 1.165) is 25.0 Å². The highest BCUT2D eigenvalue weighted by Gasteiger charge is 2.22. The van der Waals surface area contributed by atoms with Gasteiger partial charge >= 0.3 is 7.82 Å². The first-order chi connectivity index (χ1) is 15.4. The molecule has 1 unspecified atom stereocenters. The van der Waals surface area contributed by atoms with E-state index in [1.165, 1.54) is 95.6 Å². The predicted octanol–water partition coefficient (Wildman–Crippen LogP) is 9.38. The predicted molar refractivity (Wildman–Crippen MR) is 127 cm³/mol. The van der Waals surface area contributed by atoms with E-state index in [2.05, 4.69) is 6.92 Å². The van der Waals surface area contributed by atoms with E-state index in [4.69, 9.17) is 9.05 Å². The zero-order valence-corrected chi connectivity index (χ0v) is 20.7. The van der Waals surface area contributed by atoms with E-state index in [0.29, 0.717) is 6.42 Å². The number of unbranched alkanes of at least 4 members (excludes halogenated alkanes) is 15. The fourth-order valence-corrected chi connectivity index (χ4v) is 4.46. The fraction of sp³-hybridized carbons (Fsp3) is 0.760. The van der Waals surface area contributed by atoms with E-state index < -0.39 is 14.2 Å². The van der Waals surface area contributed by atoms with Crippen molar-refractivity contribution in [2.24, 2.45) is 0 Å². The molecule has 0 bridgehead atoms. The van der Waals surface area contributed by atoms with E-state index in [-0.39, 0.29) is 17.9 Å². The summed E-state index contributed by atoms with van der Waals surface area (Å²) in [6.45, 7) is 2.40. The van der Waals surface area contributed by atoms with Crippen LogP contribution in [0.2, 0.25) is 0 Å². The highest BCUT2D eigenvalue weighted by atomic mass is 31.2. The maximum absolute atomic E-state index is 12.5. The van der Waals surface area contributed by atoms with Crippen molar-refractivity contribution in [1.29, 1.82) is 0 Å². The van der Waals surface area contributed by atoms with Crippen molar-refractivity contribution in [1.82, 2.24) is 0 Å². The van der Waals surface area contributed by atoms with Gasteiger partial charge in [0.05, 0.1) is 6.61 Å². The molecule has 0 aliphatic rings. The van der Waals surface area contributed by atoms with Crippen molar-refractivity contribution < 1.29 is 27.3 Å². The maximum atomic E-state index is 12.5. The molecular formula is C25H43F2O4P. The normalized spacial score (nSPS) is 13.4. The zero-order valence-electron chi connectivity index (χ0n) is 19.8. The van der Waals surface area contributed by atoms with Gasteiger partial charge in [0.2, 0.25) is 0 Å². The first-order valence-electron chi connectivity index (χ1n) is 12.5. The Morgan fingerprint density at radius 1 is 0.750 bits per heavy atom. The van der Waals surface area contributed by atoms with Crippen molar-refractivity contribution >= 4 is 7.82 Å². The van der Waals surface area contributed by atoms with Gasteiger partial charge in [0.1, 0.15) is 5.75 Å². The second-order valence-corrected chi connectivity index (χ2v) is 9.94. The van der Waals surface area contributed by atoms with Gasteiger partial charge in [0, 0.05) is 5.56 Å². The molecule has 0 aromatic heterocycles. The largest absolute Gasteiger partial charge is 0.527 e. The quantitative estimate of drug-likeness (QED) is 0.142. The van der Waals surface area contributed by atoms with Gasteiger partial charge in [-0.05, 0) is 30.7 Å². The third-order valence-corrected chi connectivity index (χ3v) is 6.56. The monoisotopic (exact) mass is 476 g/mol. The number of halogens is 2. The van der Waals surface area contributed by atoms with Gasteiger partial charge in [-0.25, -0.2) is 13.3 Å². The molecule has 0 aliphatic carbocycles. The Morgan fingerprint density at radius 2 is 1.16 bits per heavy atom. The average molecular weight is 477 g/mol. The summed E-state index contributed by atoms with van der Waals surface area (Å²) < 4.78 is 46.8. The lowest BCUT2D eigenvalue weighted by atomic mass is 10.0. The minimum Gasteiger partial charge on any atom is -0.404 e. The molecule has 0 amide bonds. The highest BCUT2D eigenvalue weighted by Crippen LogP contribution is 2.44. The van der Waals surface area contributed by atoms with Gasteiger partial charge in [0.15, 0.2) is 0 Å². The summed E-state index contributed by atoms with van der Waals surface area (Å²) in [4.78, 5) is 9.73. The SMILES string of the molecule is CCCCCCCCCCCCCCCCCCOP(=O)(O)Oc1ccc(C(F)F)cc1. The minimum absolute atomic E-state index is 0.0345. The van der Waals surface area contributed by atoms with Crippen molar-refractivity contribution in [3.63, 3.8) is 0 Å². The smallest absolute Gasteiger partial charge is 0.404 e. The Balaban J connectivity index is 1.91. The molecule has 0 heterocycles. The number of phosphoric acid groups is 1. The molecule has 0 saturated carbocycles. The molecule has 0 saturated heterocycles. The van der Waals surface area contributed by atoms with Crippen LogP contribution in [0.1, 0.15) is 122 Å². The van der Waals surface area contributed by atoms with Crippen LogP contribution in [0.3, 0.4) is 0 Å². The Bertz CT molecular complexity index is 610. The number of hydrogen-bond donors (Lipinski definition) is 1. The molecule has 1 aromatic rings. The Labute approximate surface area is 193 Å². The van der Waals surface area contributed by atoms with Crippen LogP contribution in [-0.2, 0) is 9.09 Å². The van der Waals surface area contributed by atoms with Gasteiger partial charge < -0.3 is 4.52 Å². The Hall–Kier alpha value is -0.970. The number of hydrogen-bond acceptors (Lipinski definition) is 3. The average Bonchev–Trinajstić information content (AvgIpc) is 2.76. The van der Waals surface area contributed by atoms with E-state index in [1.54, 1.807) is 0 Å². The second kappa shape index (κ2) is 18.5. The van der Waals surface area contributed by atoms with Crippen LogP contribution in [0, 0.1) is 0 Å². The molecule has 0 aliphatic heterocycles. The summed E-state index contributed by atoms with van der Waals surface area (Å²) in [5.74, 6) is 0.0345. The summed E-state index contributed by atoms with van der Waals surface area (Å²) >= 11 is 0. The molecule has 1 N–H and O–H groups in total. The summed E-state index contributed by atoms with van der Waals surface area (Å²) in [5.41, 5.74) is -0.167. The molecule has 1 aromatic carbocycles.